The second kappa shape index (κ2) is 11.3. The third kappa shape index (κ3) is 8.28. The van der Waals surface area contributed by atoms with Gasteiger partial charge in [0.2, 0.25) is 0 Å². The largest absolute Gasteiger partial charge is 0.481 e. The number of ketones is 1. The SMILES string of the molecule is CCCCC[C@](C)(O)/C=C/[C@H]1[C@H](O)CC(=O)[C@@H]1C/C=C/CCCC(=O)O. The molecule has 5 heteroatoms. The molecule has 0 radical (unpaired) electrons. The number of carboxylic acid groups (broad SMARTS) is 1. The Morgan fingerprint density at radius 3 is 2.65 bits per heavy atom. The summed E-state index contributed by atoms with van der Waals surface area (Å²) in [5.74, 6) is -1.30. The average molecular weight is 366 g/mol. The lowest BCUT2D eigenvalue weighted by Gasteiger charge is -2.21. The summed E-state index contributed by atoms with van der Waals surface area (Å²) in [5.41, 5.74) is -0.919. The van der Waals surface area contributed by atoms with Crippen molar-refractivity contribution in [3.63, 3.8) is 0 Å². The van der Waals surface area contributed by atoms with Crippen molar-refractivity contribution in [2.45, 2.75) is 83.3 Å². The molecule has 148 valence electrons. The highest BCUT2D eigenvalue weighted by atomic mass is 16.4. The lowest BCUT2D eigenvalue weighted by molar-refractivity contribution is -0.137. The Labute approximate surface area is 156 Å². The molecule has 4 atom stereocenters. The number of rotatable bonds is 12. The maximum absolute atomic E-state index is 12.2. The number of hydrogen-bond donors (Lipinski definition) is 3. The monoisotopic (exact) mass is 366 g/mol. The van der Waals surface area contributed by atoms with Crippen molar-refractivity contribution in [3.8, 4) is 0 Å². The number of hydrogen-bond acceptors (Lipinski definition) is 4. The standard InChI is InChI=1S/C21H34O5/c1-3-4-9-13-21(2,26)14-12-17-16(18(22)15-19(17)23)10-7-5-6-8-11-20(24)25/h5,7,12,14,16-17,19,23,26H,3-4,6,8-11,13,15H2,1-2H3,(H,24,25)/b7-5+,14-12+/t16-,17-,19-,21+/m1/s1. The van der Waals surface area contributed by atoms with Crippen molar-refractivity contribution in [1.29, 1.82) is 0 Å². The quantitative estimate of drug-likeness (QED) is 0.362. The molecule has 0 aromatic carbocycles. The predicted molar refractivity (Wildman–Crippen MR) is 102 cm³/mol. The zero-order valence-corrected chi connectivity index (χ0v) is 16.1. The van der Waals surface area contributed by atoms with Crippen LogP contribution in [0.25, 0.3) is 0 Å². The topological polar surface area (TPSA) is 94.8 Å². The molecule has 26 heavy (non-hydrogen) atoms. The van der Waals surface area contributed by atoms with Gasteiger partial charge >= 0.3 is 5.97 Å². The fraction of sp³-hybridized carbons (Fsp3) is 0.714. The van der Waals surface area contributed by atoms with Crippen molar-refractivity contribution in [3.05, 3.63) is 24.3 Å². The van der Waals surface area contributed by atoms with Crippen molar-refractivity contribution in [1.82, 2.24) is 0 Å². The average Bonchev–Trinajstić information content (AvgIpc) is 2.82. The van der Waals surface area contributed by atoms with E-state index in [1.165, 1.54) is 0 Å². The molecule has 1 saturated carbocycles. The third-order valence-corrected chi connectivity index (χ3v) is 5.01. The molecule has 0 aliphatic heterocycles. The predicted octanol–water partition coefficient (Wildman–Crippen LogP) is 3.64. The van der Waals surface area contributed by atoms with E-state index in [1.807, 2.05) is 18.2 Å². The molecule has 0 unspecified atom stereocenters. The summed E-state index contributed by atoms with van der Waals surface area (Å²) in [4.78, 5) is 22.6. The van der Waals surface area contributed by atoms with Crippen molar-refractivity contribution in [2.24, 2.45) is 11.8 Å². The number of aliphatic hydroxyl groups is 2. The molecule has 0 heterocycles. The lowest BCUT2D eigenvalue weighted by atomic mass is 9.88. The van der Waals surface area contributed by atoms with E-state index < -0.39 is 17.7 Å². The van der Waals surface area contributed by atoms with E-state index in [1.54, 1.807) is 13.0 Å². The highest BCUT2D eigenvalue weighted by Gasteiger charge is 2.39. The number of carbonyl (C=O) groups excluding carboxylic acids is 1. The number of unbranched alkanes of at least 4 members (excludes halogenated alkanes) is 3. The van der Waals surface area contributed by atoms with Gasteiger partial charge in [0, 0.05) is 24.7 Å². The van der Waals surface area contributed by atoms with Crippen molar-refractivity contribution >= 4 is 11.8 Å². The van der Waals surface area contributed by atoms with E-state index in [2.05, 4.69) is 6.92 Å². The van der Waals surface area contributed by atoms with Crippen molar-refractivity contribution < 1.29 is 24.9 Å². The molecule has 0 saturated heterocycles. The highest BCUT2D eigenvalue weighted by molar-refractivity contribution is 5.84. The van der Waals surface area contributed by atoms with E-state index in [0.29, 0.717) is 25.7 Å². The molecule has 1 aliphatic carbocycles. The van der Waals surface area contributed by atoms with Crippen LogP contribution in [0, 0.1) is 11.8 Å². The van der Waals surface area contributed by atoms with Gasteiger partial charge in [0.1, 0.15) is 5.78 Å². The van der Waals surface area contributed by atoms with Crippen LogP contribution in [0.1, 0.15) is 71.6 Å². The zero-order valence-electron chi connectivity index (χ0n) is 16.1. The molecule has 1 aliphatic rings. The van der Waals surface area contributed by atoms with Crippen LogP contribution in [-0.2, 0) is 9.59 Å². The molecular formula is C21H34O5. The normalized spacial score (nSPS) is 26.0. The number of carbonyl (C=O) groups is 2. The van der Waals surface area contributed by atoms with Crippen LogP contribution in [0.4, 0.5) is 0 Å². The van der Waals surface area contributed by atoms with E-state index in [9.17, 15) is 19.8 Å². The molecule has 0 spiro atoms. The van der Waals surface area contributed by atoms with Crippen LogP contribution in [0.15, 0.2) is 24.3 Å². The molecule has 1 fully saturated rings. The smallest absolute Gasteiger partial charge is 0.303 e. The first-order valence-electron chi connectivity index (χ1n) is 9.76. The van der Waals surface area contributed by atoms with Gasteiger partial charge in [-0.25, -0.2) is 0 Å². The van der Waals surface area contributed by atoms with Crippen LogP contribution in [-0.4, -0.2) is 38.8 Å². The van der Waals surface area contributed by atoms with Gasteiger partial charge in [-0.3, -0.25) is 9.59 Å². The maximum atomic E-state index is 12.2. The highest BCUT2D eigenvalue weighted by Crippen LogP contribution is 2.34. The molecule has 0 aromatic rings. The second-order valence-electron chi connectivity index (χ2n) is 7.59. The summed E-state index contributed by atoms with van der Waals surface area (Å²) in [5, 5.41) is 29.3. The number of aliphatic carboxylic acids is 1. The summed E-state index contributed by atoms with van der Waals surface area (Å²) in [6, 6.07) is 0. The summed E-state index contributed by atoms with van der Waals surface area (Å²) < 4.78 is 0. The Morgan fingerprint density at radius 2 is 2.00 bits per heavy atom. The summed E-state index contributed by atoms with van der Waals surface area (Å²) >= 11 is 0. The van der Waals surface area contributed by atoms with Gasteiger partial charge < -0.3 is 15.3 Å². The van der Waals surface area contributed by atoms with Gasteiger partial charge in [-0.05, 0) is 32.6 Å². The summed E-state index contributed by atoms with van der Waals surface area (Å²) in [6.07, 6.45) is 12.5. The zero-order chi connectivity index (χ0) is 19.6. The van der Waals surface area contributed by atoms with Gasteiger partial charge in [-0.2, -0.15) is 0 Å². The number of carboxylic acids is 1. The third-order valence-electron chi connectivity index (χ3n) is 5.01. The van der Waals surface area contributed by atoms with Crippen molar-refractivity contribution in [2.75, 3.05) is 0 Å². The Balaban J connectivity index is 2.58. The summed E-state index contributed by atoms with van der Waals surface area (Å²) in [6.45, 7) is 3.88. The van der Waals surface area contributed by atoms with E-state index in [0.717, 1.165) is 19.3 Å². The first kappa shape index (κ1) is 22.6. The van der Waals surface area contributed by atoms with Crippen LogP contribution < -0.4 is 0 Å². The minimum atomic E-state index is -0.919. The Bertz CT molecular complexity index is 507. The van der Waals surface area contributed by atoms with Crippen LogP contribution >= 0.6 is 0 Å². The van der Waals surface area contributed by atoms with Crippen LogP contribution in [0.5, 0.6) is 0 Å². The molecule has 0 aromatic heterocycles. The second-order valence-corrected chi connectivity index (χ2v) is 7.59. The fourth-order valence-electron chi connectivity index (χ4n) is 3.39. The molecule has 1 rings (SSSR count). The minimum absolute atomic E-state index is 0.0490. The first-order valence-corrected chi connectivity index (χ1v) is 9.76. The van der Waals surface area contributed by atoms with E-state index in [4.69, 9.17) is 5.11 Å². The van der Waals surface area contributed by atoms with Gasteiger partial charge in [0.05, 0.1) is 11.7 Å². The van der Waals surface area contributed by atoms with Gasteiger partial charge in [-0.15, -0.1) is 0 Å². The molecule has 0 bridgehead atoms. The van der Waals surface area contributed by atoms with Gasteiger partial charge in [0.15, 0.2) is 0 Å². The lowest BCUT2D eigenvalue weighted by Crippen LogP contribution is -2.23. The van der Waals surface area contributed by atoms with Crippen LogP contribution in [0.3, 0.4) is 0 Å². The Hall–Kier alpha value is -1.46. The van der Waals surface area contributed by atoms with Crippen LogP contribution in [0.2, 0.25) is 0 Å². The first-order chi connectivity index (χ1) is 12.3. The molecule has 3 N–H and O–H groups in total. The van der Waals surface area contributed by atoms with Gasteiger partial charge in [0.25, 0.3) is 0 Å². The van der Waals surface area contributed by atoms with Gasteiger partial charge in [-0.1, -0.05) is 50.5 Å². The Kier molecular flexibility index (Phi) is 9.81. The van der Waals surface area contributed by atoms with E-state index >= 15 is 0 Å². The molecule has 5 nitrogen and oxygen atoms in total. The fourth-order valence-corrected chi connectivity index (χ4v) is 3.39. The minimum Gasteiger partial charge on any atom is -0.481 e. The summed E-state index contributed by atoms with van der Waals surface area (Å²) in [7, 11) is 0. The molecule has 0 amide bonds. The number of Topliss-reactive ketones (excluding diaryl/α,β-unsaturated/α-hetero) is 1. The molecular weight excluding hydrogens is 332 g/mol. The van der Waals surface area contributed by atoms with E-state index in [-0.39, 0.29) is 30.5 Å². The number of allylic oxidation sites excluding steroid dienone is 2. The maximum Gasteiger partial charge on any atom is 0.303 e. The Morgan fingerprint density at radius 1 is 1.27 bits per heavy atom. The number of aliphatic hydroxyl groups excluding tert-OH is 1.